The minimum Gasteiger partial charge on any atom is -0.352 e. The lowest BCUT2D eigenvalue weighted by atomic mass is 10.0. The fourth-order valence-corrected chi connectivity index (χ4v) is 1.28. The Morgan fingerprint density at radius 1 is 1.27 bits per heavy atom. The van der Waals surface area contributed by atoms with Crippen LogP contribution in [0.2, 0.25) is 0 Å². The van der Waals surface area contributed by atoms with Gasteiger partial charge in [-0.25, -0.2) is 0 Å². The Kier molecular flexibility index (Phi) is 5.68. The summed E-state index contributed by atoms with van der Waals surface area (Å²) in [7, 11) is 0. The first kappa shape index (κ1) is 13.7. The van der Waals surface area contributed by atoms with Crippen LogP contribution in [0.1, 0.15) is 50.0 Å². The molecule has 0 saturated carbocycles. The molecule has 0 radical (unpaired) electrons. The summed E-state index contributed by atoms with van der Waals surface area (Å²) in [4.78, 5) is 11.4. The van der Waals surface area contributed by atoms with Gasteiger partial charge < -0.3 is 5.32 Å². The van der Waals surface area contributed by atoms with Crippen molar-refractivity contribution in [2.24, 2.45) is 0 Å². The standard InChI is InChI=1S/C12H17NO.CH4/c1-4-13-12(14)11-7-5-10(6-8-11)9(2)3;/h5-9H,4H2,1-3H3,(H,13,14);1H4. The molecule has 1 N–H and O–H groups in total. The number of carbonyl (C=O) groups is 1. The van der Waals surface area contributed by atoms with Crippen molar-refractivity contribution in [2.45, 2.75) is 34.1 Å². The Labute approximate surface area is 92.7 Å². The van der Waals surface area contributed by atoms with Gasteiger partial charge in [0, 0.05) is 12.1 Å². The highest BCUT2D eigenvalue weighted by molar-refractivity contribution is 5.94. The molecule has 84 valence electrons. The molecule has 0 spiro atoms. The molecule has 0 saturated heterocycles. The number of nitrogens with one attached hydrogen (secondary N) is 1. The summed E-state index contributed by atoms with van der Waals surface area (Å²) in [5.41, 5.74) is 1.99. The zero-order chi connectivity index (χ0) is 10.6. The molecule has 0 heterocycles. The fraction of sp³-hybridized carbons (Fsp3) is 0.462. The quantitative estimate of drug-likeness (QED) is 0.810. The van der Waals surface area contributed by atoms with Crippen LogP contribution in [0.15, 0.2) is 24.3 Å². The number of amides is 1. The number of rotatable bonds is 3. The molecule has 0 aliphatic rings. The van der Waals surface area contributed by atoms with Gasteiger partial charge in [0.15, 0.2) is 0 Å². The zero-order valence-electron chi connectivity index (χ0n) is 9.00. The third-order valence-corrected chi connectivity index (χ3v) is 2.18. The molecule has 0 aliphatic heterocycles. The number of hydrogen-bond donors (Lipinski definition) is 1. The average Bonchev–Trinajstić information content (AvgIpc) is 2.18. The smallest absolute Gasteiger partial charge is 0.251 e. The lowest BCUT2D eigenvalue weighted by Crippen LogP contribution is -2.22. The van der Waals surface area contributed by atoms with Crippen molar-refractivity contribution >= 4 is 5.91 Å². The Balaban J connectivity index is 0.00000196. The van der Waals surface area contributed by atoms with E-state index in [0.717, 1.165) is 5.56 Å². The van der Waals surface area contributed by atoms with Crippen LogP contribution in [-0.4, -0.2) is 12.5 Å². The van der Waals surface area contributed by atoms with Crippen LogP contribution in [-0.2, 0) is 0 Å². The van der Waals surface area contributed by atoms with Gasteiger partial charge in [-0.15, -0.1) is 0 Å². The summed E-state index contributed by atoms with van der Waals surface area (Å²) in [6.07, 6.45) is 0. The van der Waals surface area contributed by atoms with E-state index in [0.29, 0.717) is 12.5 Å². The highest BCUT2D eigenvalue weighted by Crippen LogP contribution is 2.14. The molecule has 0 fully saturated rings. The highest BCUT2D eigenvalue weighted by atomic mass is 16.1. The van der Waals surface area contributed by atoms with Crippen molar-refractivity contribution in [1.29, 1.82) is 0 Å². The molecule has 2 heteroatoms. The van der Waals surface area contributed by atoms with Crippen LogP contribution in [0.3, 0.4) is 0 Å². The molecule has 2 nitrogen and oxygen atoms in total. The first-order valence-corrected chi connectivity index (χ1v) is 5.03. The second-order valence-corrected chi connectivity index (χ2v) is 3.64. The molecule has 0 aromatic heterocycles. The third kappa shape index (κ3) is 3.74. The lowest BCUT2D eigenvalue weighted by molar-refractivity contribution is 0.0956. The second kappa shape index (κ2) is 6.23. The molecular weight excluding hydrogens is 186 g/mol. The first-order chi connectivity index (χ1) is 6.65. The van der Waals surface area contributed by atoms with Crippen LogP contribution in [0.25, 0.3) is 0 Å². The normalized spacial score (nSPS) is 9.60. The summed E-state index contributed by atoms with van der Waals surface area (Å²) < 4.78 is 0. The predicted molar refractivity (Wildman–Crippen MR) is 65.3 cm³/mol. The van der Waals surface area contributed by atoms with E-state index in [1.807, 2.05) is 31.2 Å². The molecule has 15 heavy (non-hydrogen) atoms. The summed E-state index contributed by atoms with van der Waals surface area (Å²) in [6.45, 7) is 6.87. The summed E-state index contributed by atoms with van der Waals surface area (Å²) >= 11 is 0. The van der Waals surface area contributed by atoms with Crippen molar-refractivity contribution in [3.8, 4) is 0 Å². The largest absolute Gasteiger partial charge is 0.352 e. The van der Waals surface area contributed by atoms with E-state index >= 15 is 0 Å². The van der Waals surface area contributed by atoms with Crippen LogP contribution in [0.5, 0.6) is 0 Å². The van der Waals surface area contributed by atoms with Gasteiger partial charge in [-0.3, -0.25) is 4.79 Å². The minimum atomic E-state index is 0. The average molecular weight is 207 g/mol. The molecule has 0 unspecified atom stereocenters. The van der Waals surface area contributed by atoms with Crippen LogP contribution in [0.4, 0.5) is 0 Å². The van der Waals surface area contributed by atoms with Gasteiger partial charge in [-0.05, 0) is 30.5 Å². The van der Waals surface area contributed by atoms with E-state index in [9.17, 15) is 4.79 Å². The Morgan fingerprint density at radius 3 is 2.20 bits per heavy atom. The van der Waals surface area contributed by atoms with Crippen LogP contribution < -0.4 is 5.32 Å². The van der Waals surface area contributed by atoms with Crippen LogP contribution >= 0.6 is 0 Å². The molecule has 0 bridgehead atoms. The van der Waals surface area contributed by atoms with Crippen molar-refractivity contribution in [3.05, 3.63) is 35.4 Å². The van der Waals surface area contributed by atoms with E-state index in [1.54, 1.807) is 0 Å². The first-order valence-electron chi connectivity index (χ1n) is 5.03. The summed E-state index contributed by atoms with van der Waals surface area (Å²) in [5.74, 6) is 0.515. The zero-order valence-corrected chi connectivity index (χ0v) is 9.00. The maximum absolute atomic E-state index is 11.4. The Bertz CT molecular complexity index is 301. The molecule has 0 aliphatic carbocycles. The maximum Gasteiger partial charge on any atom is 0.251 e. The number of carbonyl (C=O) groups excluding carboxylic acids is 1. The van der Waals surface area contributed by atoms with Gasteiger partial charge in [0.2, 0.25) is 0 Å². The molecule has 1 aromatic carbocycles. The van der Waals surface area contributed by atoms with Gasteiger partial charge in [0.1, 0.15) is 0 Å². The molecule has 1 rings (SSSR count). The van der Waals surface area contributed by atoms with E-state index in [2.05, 4.69) is 19.2 Å². The van der Waals surface area contributed by atoms with Gasteiger partial charge in [0.05, 0.1) is 0 Å². The van der Waals surface area contributed by atoms with E-state index < -0.39 is 0 Å². The van der Waals surface area contributed by atoms with Gasteiger partial charge >= 0.3 is 0 Å². The van der Waals surface area contributed by atoms with Crippen molar-refractivity contribution in [3.63, 3.8) is 0 Å². The number of benzene rings is 1. The Hall–Kier alpha value is -1.31. The highest BCUT2D eigenvalue weighted by Gasteiger charge is 2.04. The molecule has 0 atom stereocenters. The monoisotopic (exact) mass is 207 g/mol. The van der Waals surface area contributed by atoms with Crippen molar-refractivity contribution in [2.75, 3.05) is 6.54 Å². The third-order valence-electron chi connectivity index (χ3n) is 2.18. The van der Waals surface area contributed by atoms with E-state index in [4.69, 9.17) is 0 Å². The lowest BCUT2D eigenvalue weighted by Gasteiger charge is -2.06. The summed E-state index contributed by atoms with van der Waals surface area (Å²) in [6, 6.07) is 7.77. The minimum absolute atomic E-state index is 0. The topological polar surface area (TPSA) is 29.1 Å². The van der Waals surface area contributed by atoms with Gasteiger partial charge in [0.25, 0.3) is 5.91 Å². The van der Waals surface area contributed by atoms with Crippen molar-refractivity contribution < 1.29 is 4.79 Å². The van der Waals surface area contributed by atoms with Gasteiger partial charge in [-0.1, -0.05) is 33.4 Å². The molecule has 1 aromatic rings. The van der Waals surface area contributed by atoms with E-state index in [-0.39, 0.29) is 13.3 Å². The van der Waals surface area contributed by atoms with Crippen molar-refractivity contribution in [1.82, 2.24) is 5.32 Å². The second-order valence-electron chi connectivity index (χ2n) is 3.64. The Morgan fingerprint density at radius 2 is 1.80 bits per heavy atom. The molecule has 1 amide bonds. The summed E-state index contributed by atoms with van der Waals surface area (Å²) in [5, 5.41) is 2.77. The molecular formula is C13H21NO. The SMILES string of the molecule is C.CCNC(=O)c1ccc(C(C)C)cc1. The van der Waals surface area contributed by atoms with Crippen LogP contribution in [0, 0.1) is 0 Å². The maximum atomic E-state index is 11.4. The van der Waals surface area contributed by atoms with Gasteiger partial charge in [-0.2, -0.15) is 0 Å². The fourth-order valence-electron chi connectivity index (χ4n) is 1.28. The number of hydrogen-bond acceptors (Lipinski definition) is 1. The van der Waals surface area contributed by atoms with E-state index in [1.165, 1.54) is 5.56 Å². The predicted octanol–water partition coefficient (Wildman–Crippen LogP) is 3.20.